The fourth-order valence-corrected chi connectivity index (χ4v) is 2.57. The van der Waals surface area contributed by atoms with Crippen molar-refractivity contribution >= 4 is 5.91 Å². The molecule has 1 aliphatic rings. The van der Waals surface area contributed by atoms with E-state index in [1.807, 2.05) is 24.3 Å². The Morgan fingerprint density at radius 3 is 2.95 bits per heavy atom. The van der Waals surface area contributed by atoms with Crippen molar-refractivity contribution < 1.29 is 19.1 Å². The van der Waals surface area contributed by atoms with Crippen molar-refractivity contribution in [2.45, 2.75) is 18.9 Å². The normalized spacial score (nSPS) is 19.6. The van der Waals surface area contributed by atoms with Crippen LogP contribution >= 0.6 is 0 Å². The third-order valence-electron chi connectivity index (χ3n) is 3.91. The number of rotatable bonds is 4. The Kier molecular flexibility index (Phi) is 3.90. The summed E-state index contributed by atoms with van der Waals surface area (Å²) in [6, 6.07) is 11.1. The van der Waals surface area contributed by atoms with Crippen LogP contribution in [0.1, 0.15) is 18.2 Å². The highest BCUT2D eigenvalue weighted by molar-refractivity contribution is 5.79. The second kappa shape index (κ2) is 5.85. The van der Waals surface area contributed by atoms with Crippen molar-refractivity contribution in [1.82, 2.24) is 5.32 Å². The maximum absolute atomic E-state index is 12.3. The molecule has 0 saturated carbocycles. The van der Waals surface area contributed by atoms with Gasteiger partial charge >= 0.3 is 0 Å². The molecule has 2 heterocycles. The van der Waals surface area contributed by atoms with E-state index in [4.69, 9.17) is 9.15 Å². The maximum Gasteiger partial charge on any atom is 0.227 e. The fourth-order valence-electron chi connectivity index (χ4n) is 2.57. The Hall–Kier alpha value is -2.27. The zero-order valence-corrected chi connectivity index (χ0v) is 12.4. The van der Waals surface area contributed by atoms with E-state index in [-0.39, 0.29) is 18.4 Å². The zero-order chi connectivity index (χ0) is 15.6. The topological polar surface area (TPSA) is 71.7 Å². The number of furan rings is 1. The number of fused-ring (bicyclic) bond motifs is 1. The third kappa shape index (κ3) is 2.99. The average Bonchev–Trinajstić information content (AvgIpc) is 3.07. The highest BCUT2D eigenvalue weighted by atomic mass is 16.5. The van der Waals surface area contributed by atoms with Crippen LogP contribution in [-0.4, -0.2) is 24.2 Å². The molecule has 2 unspecified atom stereocenters. The molecule has 0 aliphatic carbocycles. The Morgan fingerprint density at radius 1 is 1.36 bits per heavy atom. The molecule has 1 aliphatic heterocycles. The Balaban J connectivity index is 1.59. The van der Waals surface area contributed by atoms with Gasteiger partial charge in [0.05, 0.1) is 18.7 Å². The highest BCUT2D eigenvalue weighted by Crippen LogP contribution is 2.27. The number of hydrogen-bond acceptors (Lipinski definition) is 4. The zero-order valence-electron chi connectivity index (χ0n) is 12.4. The Labute approximate surface area is 128 Å². The smallest absolute Gasteiger partial charge is 0.227 e. The minimum atomic E-state index is -1.23. The first kappa shape index (κ1) is 14.7. The van der Waals surface area contributed by atoms with Crippen LogP contribution in [0.15, 0.2) is 47.1 Å². The summed E-state index contributed by atoms with van der Waals surface area (Å²) in [7, 11) is 0. The van der Waals surface area contributed by atoms with Gasteiger partial charge in [-0.3, -0.25) is 4.79 Å². The lowest BCUT2D eigenvalue weighted by molar-refractivity contribution is -0.127. The van der Waals surface area contributed by atoms with E-state index in [2.05, 4.69) is 5.32 Å². The van der Waals surface area contributed by atoms with Gasteiger partial charge in [0.25, 0.3) is 0 Å². The summed E-state index contributed by atoms with van der Waals surface area (Å²) in [5.74, 6) is 0.899. The van der Waals surface area contributed by atoms with Gasteiger partial charge in [-0.15, -0.1) is 0 Å². The molecule has 2 aromatic rings. The van der Waals surface area contributed by atoms with Gasteiger partial charge in [-0.25, -0.2) is 0 Å². The monoisotopic (exact) mass is 301 g/mol. The number of nitrogens with one attached hydrogen (secondary N) is 1. The summed E-state index contributed by atoms with van der Waals surface area (Å²) in [5, 5.41) is 13.1. The van der Waals surface area contributed by atoms with Crippen molar-refractivity contribution in [3.05, 3.63) is 54.0 Å². The predicted molar refractivity (Wildman–Crippen MR) is 80.4 cm³/mol. The van der Waals surface area contributed by atoms with E-state index in [9.17, 15) is 9.90 Å². The van der Waals surface area contributed by atoms with Gasteiger partial charge in [0, 0.05) is 0 Å². The summed E-state index contributed by atoms with van der Waals surface area (Å²) < 4.78 is 10.8. The first-order chi connectivity index (χ1) is 10.6. The molecule has 0 saturated heterocycles. The molecule has 0 fully saturated rings. The summed E-state index contributed by atoms with van der Waals surface area (Å²) in [5.41, 5.74) is -0.196. The van der Waals surface area contributed by atoms with E-state index in [0.717, 1.165) is 11.3 Å². The second-order valence-corrected chi connectivity index (χ2v) is 5.79. The molecular weight excluding hydrogens is 282 g/mol. The van der Waals surface area contributed by atoms with E-state index >= 15 is 0 Å². The van der Waals surface area contributed by atoms with Crippen LogP contribution in [0.5, 0.6) is 5.75 Å². The van der Waals surface area contributed by atoms with Gasteiger partial charge in [-0.1, -0.05) is 18.2 Å². The number of amides is 1. The average molecular weight is 301 g/mol. The lowest BCUT2D eigenvalue weighted by Gasteiger charge is -2.26. The van der Waals surface area contributed by atoms with Gasteiger partial charge in [-0.05, 0) is 37.1 Å². The molecule has 5 nitrogen and oxygen atoms in total. The van der Waals surface area contributed by atoms with Crippen LogP contribution in [-0.2, 0) is 16.8 Å². The Bertz CT molecular complexity index is 648. The van der Waals surface area contributed by atoms with Crippen LogP contribution in [0, 0.1) is 5.92 Å². The number of hydrogen-bond donors (Lipinski definition) is 2. The second-order valence-electron chi connectivity index (χ2n) is 5.79. The molecule has 1 aromatic heterocycles. The van der Waals surface area contributed by atoms with E-state index < -0.39 is 5.60 Å². The summed E-state index contributed by atoms with van der Waals surface area (Å²) in [6.45, 7) is 2.06. The number of ether oxygens (including phenoxy) is 1. The Morgan fingerprint density at radius 2 is 2.18 bits per heavy atom. The molecule has 1 aromatic carbocycles. The summed E-state index contributed by atoms with van der Waals surface area (Å²) >= 11 is 0. The molecule has 2 N–H and O–H groups in total. The van der Waals surface area contributed by atoms with Gasteiger partial charge in [-0.2, -0.15) is 0 Å². The lowest BCUT2D eigenvalue weighted by atomic mass is 9.95. The predicted octanol–water partition coefficient (Wildman–Crippen LogP) is 1.85. The van der Waals surface area contributed by atoms with Gasteiger partial charge in [0.15, 0.2) is 0 Å². The van der Waals surface area contributed by atoms with Crippen molar-refractivity contribution in [1.29, 1.82) is 0 Å². The quantitative estimate of drug-likeness (QED) is 0.904. The van der Waals surface area contributed by atoms with Crippen molar-refractivity contribution in [3.63, 3.8) is 0 Å². The van der Waals surface area contributed by atoms with Crippen LogP contribution < -0.4 is 10.1 Å². The SMILES string of the molecule is CC(O)(CNC(=O)C1COc2ccccc2C1)c1ccco1. The van der Waals surface area contributed by atoms with E-state index in [1.54, 1.807) is 19.1 Å². The summed E-state index contributed by atoms with van der Waals surface area (Å²) in [6.07, 6.45) is 2.14. The third-order valence-corrected chi connectivity index (χ3v) is 3.91. The maximum atomic E-state index is 12.3. The van der Waals surface area contributed by atoms with Gasteiger partial charge < -0.3 is 19.6 Å². The van der Waals surface area contributed by atoms with Crippen LogP contribution in [0.25, 0.3) is 0 Å². The van der Waals surface area contributed by atoms with Gasteiger partial charge in [0.2, 0.25) is 5.91 Å². The van der Waals surface area contributed by atoms with Crippen molar-refractivity contribution in [2.75, 3.05) is 13.2 Å². The molecule has 0 radical (unpaired) electrons. The first-order valence-corrected chi connectivity index (χ1v) is 7.31. The number of benzene rings is 1. The molecule has 22 heavy (non-hydrogen) atoms. The number of aliphatic hydroxyl groups is 1. The minimum absolute atomic E-state index is 0.0947. The molecule has 3 rings (SSSR count). The van der Waals surface area contributed by atoms with Crippen LogP contribution in [0.4, 0.5) is 0 Å². The number of para-hydroxylation sites is 1. The van der Waals surface area contributed by atoms with E-state index in [0.29, 0.717) is 18.8 Å². The van der Waals surface area contributed by atoms with Crippen LogP contribution in [0.2, 0.25) is 0 Å². The first-order valence-electron chi connectivity index (χ1n) is 7.31. The largest absolute Gasteiger partial charge is 0.492 e. The van der Waals surface area contributed by atoms with Crippen molar-refractivity contribution in [2.24, 2.45) is 5.92 Å². The van der Waals surface area contributed by atoms with Gasteiger partial charge in [0.1, 0.15) is 23.7 Å². The highest BCUT2D eigenvalue weighted by Gasteiger charge is 2.30. The van der Waals surface area contributed by atoms with Crippen molar-refractivity contribution in [3.8, 4) is 5.75 Å². The molecule has 2 atom stereocenters. The molecular formula is C17H19NO4. The molecule has 0 spiro atoms. The molecule has 116 valence electrons. The molecule has 1 amide bonds. The lowest BCUT2D eigenvalue weighted by Crippen LogP contribution is -2.43. The number of carbonyl (C=O) groups is 1. The minimum Gasteiger partial charge on any atom is -0.492 e. The fraction of sp³-hybridized carbons (Fsp3) is 0.353. The molecule has 5 heteroatoms. The summed E-state index contributed by atoms with van der Waals surface area (Å²) in [4.78, 5) is 12.3. The number of carbonyl (C=O) groups excluding carboxylic acids is 1. The molecule has 0 bridgehead atoms. The van der Waals surface area contributed by atoms with E-state index in [1.165, 1.54) is 6.26 Å². The standard InChI is InChI=1S/C17H19NO4/c1-17(20,15-7-4-8-21-15)11-18-16(19)13-9-12-5-2-3-6-14(12)22-10-13/h2-8,13,20H,9-11H2,1H3,(H,18,19). The van der Waals surface area contributed by atoms with Crippen LogP contribution in [0.3, 0.4) is 0 Å².